The molecule has 0 unspecified atom stereocenters. The van der Waals surface area contributed by atoms with Gasteiger partial charge in [0.1, 0.15) is 0 Å². The van der Waals surface area contributed by atoms with Gasteiger partial charge in [-0.15, -0.1) is 0 Å². The molecular formula is C13H19N3O3S. The molecule has 0 fully saturated rings. The average Bonchev–Trinajstić information content (AvgIpc) is 2.89. The Hall–Kier alpha value is -1.28. The fourth-order valence-corrected chi connectivity index (χ4v) is 2.71. The number of rotatable bonds is 9. The highest BCUT2D eigenvalue weighted by Gasteiger charge is 2.12. The Kier molecular flexibility index (Phi) is 6.13. The SMILES string of the molecule is COCCOCCN(CCO)c1nc2ncccc2s1. The standard InChI is InChI=1S/C13H19N3O3S/c1-18-9-10-19-8-6-16(5-7-17)13-15-12-11(20-13)3-2-4-14-12/h2-4,17H,5-10H2,1H3. The first-order valence-electron chi connectivity index (χ1n) is 6.49. The molecule has 20 heavy (non-hydrogen) atoms. The number of ether oxygens (including phenoxy) is 2. The third kappa shape index (κ3) is 4.11. The second-order valence-corrected chi connectivity index (χ2v) is 5.15. The van der Waals surface area contributed by atoms with Gasteiger partial charge in [-0.3, -0.25) is 0 Å². The van der Waals surface area contributed by atoms with Crippen molar-refractivity contribution in [1.82, 2.24) is 9.97 Å². The van der Waals surface area contributed by atoms with Crippen molar-refractivity contribution in [3.8, 4) is 0 Å². The number of hydrogen-bond acceptors (Lipinski definition) is 7. The van der Waals surface area contributed by atoms with E-state index < -0.39 is 0 Å². The molecule has 7 heteroatoms. The van der Waals surface area contributed by atoms with E-state index in [-0.39, 0.29) is 6.61 Å². The van der Waals surface area contributed by atoms with Crippen LogP contribution in [0.25, 0.3) is 10.3 Å². The van der Waals surface area contributed by atoms with E-state index in [4.69, 9.17) is 9.47 Å². The van der Waals surface area contributed by atoms with E-state index in [9.17, 15) is 5.11 Å². The molecule has 6 nitrogen and oxygen atoms in total. The summed E-state index contributed by atoms with van der Waals surface area (Å²) in [6.45, 7) is 3.04. The van der Waals surface area contributed by atoms with Gasteiger partial charge >= 0.3 is 0 Å². The Balaban J connectivity index is 1.96. The van der Waals surface area contributed by atoms with Crippen LogP contribution in [0.2, 0.25) is 0 Å². The van der Waals surface area contributed by atoms with Gasteiger partial charge in [-0.05, 0) is 12.1 Å². The van der Waals surface area contributed by atoms with Crippen LogP contribution in [0.1, 0.15) is 0 Å². The van der Waals surface area contributed by atoms with Crippen molar-refractivity contribution in [2.75, 3.05) is 51.5 Å². The third-order valence-electron chi connectivity index (χ3n) is 2.73. The second kappa shape index (κ2) is 8.11. The molecule has 0 bridgehead atoms. The first-order chi connectivity index (χ1) is 9.85. The van der Waals surface area contributed by atoms with Gasteiger partial charge in [0.15, 0.2) is 10.8 Å². The highest BCUT2D eigenvalue weighted by molar-refractivity contribution is 7.22. The molecule has 0 aliphatic carbocycles. The number of hydrogen-bond donors (Lipinski definition) is 1. The fraction of sp³-hybridized carbons (Fsp3) is 0.538. The minimum absolute atomic E-state index is 0.0847. The third-order valence-corrected chi connectivity index (χ3v) is 3.80. The lowest BCUT2D eigenvalue weighted by Gasteiger charge is -2.20. The fourth-order valence-electron chi connectivity index (χ4n) is 1.74. The topological polar surface area (TPSA) is 67.7 Å². The molecule has 0 amide bonds. The van der Waals surface area contributed by atoms with Gasteiger partial charge < -0.3 is 19.5 Å². The van der Waals surface area contributed by atoms with E-state index >= 15 is 0 Å². The van der Waals surface area contributed by atoms with Crippen LogP contribution in [-0.4, -0.2) is 61.7 Å². The van der Waals surface area contributed by atoms with Gasteiger partial charge in [-0.2, -0.15) is 4.98 Å². The lowest BCUT2D eigenvalue weighted by Crippen LogP contribution is -2.30. The zero-order valence-corrected chi connectivity index (χ0v) is 12.3. The maximum Gasteiger partial charge on any atom is 0.188 e. The molecule has 1 N–H and O–H groups in total. The maximum absolute atomic E-state index is 9.17. The first-order valence-corrected chi connectivity index (χ1v) is 7.31. The number of methoxy groups -OCH3 is 1. The quantitative estimate of drug-likeness (QED) is 0.700. The normalized spacial score (nSPS) is 11.1. The van der Waals surface area contributed by atoms with E-state index in [0.717, 1.165) is 15.5 Å². The summed E-state index contributed by atoms with van der Waals surface area (Å²) in [6.07, 6.45) is 1.73. The zero-order valence-electron chi connectivity index (χ0n) is 11.5. The number of fused-ring (bicyclic) bond motifs is 1. The Morgan fingerprint density at radius 3 is 2.95 bits per heavy atom. The number of aromatic nitrogens is 2. The highest BCUT2D eigenvalue weighted by Crippen LogP contribution is 2.26. The van der Waals surface area contributed by atoms with Crippen LogP contribution in [-0.2, 0) is 9.47 Å². The number of anilines is 1. The summed E-state index contributed by atoms with van der Waals surface area (Å²) in [6, 6.07) is 3.89. The molecule has 0 aromatic carbocycles. The Morgan fingerprint density at radius 1 is 1.30 bits per heavy atom. The summed E-state index contributed by atoms with van der Waals surface area (Å²) in [5.41, 5.74) is 0.746. The molecule has 2 aromatic heterocycles. The first kappa shape index (κ1) is 15.1. The predicted molar refractivity (Wildman–Crippen MR) is 79.4 cm³/mol. The molecular weight excluding hydrogens is 278 g/mol. The second-order valence-electron chi connectivity index (χ2n) is 4.14. The molecule has 2 aromatic rings. The van der Waals surface area contributed by atoms with Crippen LogP contribution in [0.15, 0.2) is 18.3 Å². The average molecular weight is 297 g/mol. The van der Waals surface area contributed by atoms with Crippen molar-refractivity contribution in [2.24, 2.45) is 0 Å². The van der Waals surface area contributed by atoms with Crippen LogP contribution in [0.3, 0.4) is 0 Å². The van der Waals surface area contributed by atoms with Gasteiger partial charge in [0.2, 0.25) is 0 Å². The van der Waals surface area contributed by atoms with Crippen molar-refractivity contribution in [1.29, 1.82) is 0 Å². The van der Waals surface area contributed by atoms with Gasteiger partial charge in [-0.1, -0.05) is 11.3 Å². The molecule has 0 aliphatic heterocycles. The van der Waals surface area contributed by atoms with Crippen LogP contribution >= 0.6 is 11.3 Å². The lowest BCUT2D eigenvalue weighted by atomic mass is 10.5. The molecule has 0 radical (unpaired) electrons. The van der Waals surface area contributed by atoms with Crippen LogP contribution in [0.4, 0.5) is 5.13 Å². The minimum atomic E-state index is 0.0847. The zero-order chi connectivity index (χ0) is 14.2. The van der Waals surface area contributed by atoms with Crippen molar-refractivity contribution in [3.05, 3.63) is 18.3 Å². The summed E-state index contributed by atoms with van der Waals surface area (Å²) in [5, 5.41) is 10.0. The molecule has 0 atom stereocenters. The summed E-state index contributed by atoms with van der Waals surface area (Å²) >= 11 is 1.57. The van der Waals surface area contributed by atoms with E-state index in [1.165, 1.54) is 0 Å². The Labute approximate surface area is 122 Å². The van der Waals surface area contributed by atoms with Crippen molar-refractivity contribution in [2.45, 2.75) is 0 Å². The van der Waals surface area contributed by atoms with Gasteiger partial charge in [-0.25, -0.2) is 4.98 Å². The van der Waals surface area contributed by atoms with E-state index in [2.05, 4.69) is 9.97 Å². The van der Waals surface area contributed by atoms with Crippen LogP contribution in [0.5, 0.6) is 0 Å². The molecule has 0 spiro atoms. The summed E-state index contributed by atoms with van der Waals surface area (Å²) in [4.78, 5) is 10.7. The van der Waals surface area contributed by atoms with Gasteiger partial charge in [0.05, 0.1) is 31.1 Å². The summed E-state index contributed by atoms with van der Waals surface area (Å²) < 4.78 is 11.4. The van der Waals surface area contributed by atoms with Crippen LogP contribution < -0.4 is 4.90 Å². The number of aliphatic hydroxyl groups excluding tert-OH is 1. The Bertz CT molecular complexity index is 487. The minimum Gasteiger partial charge on any atom is -0.395 e. The number of nitrogens with zero attached hydrogens (tertiary/aromatic N) is 3. The molecule has 0 aliphatic rings. The van der Waals surface area contributed by atoms with Crippen molar-refractivity contribution < 1.29 is 14.6 Å². The highest BCUT2D eigenvalue weighted by atomic mass is 32.1. The van der Waals surface area contributed by atoms with Crippen LogP contribution in [0, 0.1) is 0 Å². The number of thiazole rings is 1. The van der Waals surface area contributed by atoms with Crippen molar-refractivity contribution >= 4 is 26.8 Å². The molecule has 2 rings (SSSR count). The lowest BCUT2D eigenvalue weighted by molar-refractivity contribution is 0.0738. The smallest absolute Gasteiger partial charge is 0.188 e. The largest absolute Gasteiger partial charge is 0.395 e. The number of aliphatic hydroxyl groups is 1. The number of pyridine rings is 1. The molecule has 2 heterocycles. The summed E-state index contributed by atoms with van der Waals surface area (Å²) in [7, 11) is 1.65. The molecule has 0 saturated carbocycles. The predicted octanol–water partition coefficient (Wildman–Crippen LogP) is 1.15. The maximum atomic E-state index is 9.17. The summed E-state index contributed by atoms with van der Waals surface area (Å²) in [5.74, 6) is 0. The van der Waals surface area contributed by atoms with Gasteiger partial charge in [0, 0.05) is 26.4 Å². The van der Waals surface area contributed by atoms with E-state index in [0.29, 0.717) is 32.9 Å². The van der Waals surface area contributed by atoms with E-state index in [1.54, 1.807) is 24.6 Å². The van der Waals surface area contributed by atoms with Gasteiger partial charge in [0.25, 0.3) is 0 Å². The molecule has 0 saturated heterocycles. The molecule has 110 valence electrons. The van der Waals surface area contributed by atoms with E-state index in [1.807, 2.05) is 17.0 Å². The monoisotopic (exact) mass is 297 g/mol. The van der Waals surface area contributed by atoms with Crippen molar-refractivity contribution in [3.63, 3.8) is 0 Å². The Morgan fingerprint density at radius 2 is 2.20 bits per heavy atom.